The molecule has 2 rings (SSSR count). The number of methoxy groups -OCH3 is 2. The summed E-state index contributed by atoms with van der Waals surface area (Å²) in [5, 5.41) is 22.8. The fraction of sp³-hybridized carbons (Fsp3) is 0.200. The molecule has 0 aliphatic heterocycles. The van der Waals surface area contributed by atoms with Crippen LogP contribution < -0.4 is 14.8 Å². The van der Waals surface area contributed by atoms with Crippen molar-refractivity contribution in [2.45, 2.75) is 6.54 Å². The van der Waals surface area contributed by atoms with Gasteiger partial charge in [0.2, 0.25) is 0 Å². The molecule has 0 aliphatic rings. The molecule has 0 bridgehead atoms. The number of anilines is 1. The molecular formula is C15H17NO4. The predicted octanol–water partition coefficient (Wildman–Crippen LogP) is 2.73. The number of aromatic hydroxyl groups is 2. The van der Waals surface area contributed by atoms with Crippen molar-refractivity contribution in [3.8, 4) is 23.0 Å². The van der Waals surface area contributed by atoms with Crippen LogP contribution >= 0.6 is 0 Å². The molecule has 0 heterocycles. The number of phenolic OH excluding ortho intramolecular Hbond substituents is 2. The molecule has 0 unspecified atom stereocenters. The molecular weight excluding hydrogens is 258 g/mol. The lowest BCUT2D eigenvalue weighted by molar-refractivity contribution is 0.371. The predicted molar refractivity (Wildman–Crippen MR) is 76.6 cm³/mol. The van der Waals surface area contributed by atoms with Crippen molar-refractivity contribution in [2.75, 3.05) is 19.5 Å². The average molecular weight is 275 g/mol. The average Bonchev–Trinajstić information content (AvgIpc) is 2.46. The van der Waals surface area contributed by atoms with Crippen LogP contribution in [0.1, 0.15) is 5.56 Å². The van der Waals surface area contributed by atoms with Crippen LogP contribution in [0.25, 0.3) is 0 Å². The number of benzene rings is 2. The van der Waals surface area contributed by atoms with Gasteiger partial charge in [-0.3, -0.25) is 0 Å². The molecule has 3 N–H and O–H groups in total. The molecule has 0 saturated carbocycles. The maximum Gasteiger partial charge on any atom is 0.162 e. The zero-order valence-electron chi connectivity index (χ0n) is 11.4. The molecule has 2 aromatic carbocycles. The number of nitrogens with one attached hydrogen (secondary N) is 1. The second kappa shape index (κ2) is 6.06. The van der Waals surface area contributed by atoms with Gasteiger partial charge in [-0.25, -0.2) is 0 Å². The first-order valence-electron chi connectivity index (χ1n) is 6.11. The summed E-state index contributed by atoms with van der Waals surface area (Å²) in [7, 11) is 3.00. The van der Waals surface area contributed by atoms with Gasteiger partial charge < -0.3 is 25.0 Å². The third kappa shape index (κ3) is 2.88. The first-order chi connectivity index (χ1) is 9.65. The van der Waals surface area contributed by atoms with Crippen LogP contribution in [-0.2, 0) is 6.54 Å². The van der Waals surface area contributed by atoms with Gasteiger partial charge in [0.25, 0.3) is 0 Å². The van der Waals surface area contributed by atoms with Gasteiger partial charge in [0, 0.05) is 23.9 Å². The molecule has 0 saturated heterocycles. The van der Waals surface area contributed by atoms with Gasteiger partial charge in [0.1, 0.15) is 0 Å². The fourth-order valence-electron chi connectivity index (χ4n) is 1.87. The third-order valence-electron chi connectivity index (χ3n) is 2.96. The minimum atomic E-state index is 0.0624. The second-order valence-corrected chi connectivity index (χ2v) is 4.21. The first kappa shape index (κ1) is 13.9. The van der Waals surface area contributed by atoms with Crippen molar-refractivity contribution in [3.05, 3.63) is 42.0 Å². The lowest BCUT2D eigenvalue weighted by Gasteiger charge is -2.11. The van der Waals surface area contributed by atoms with Gasteiger partial charge in [0.05, 0.1) is 14.2 Å². The van der Waals surface area contributed by atoms with E-state index in [0.29, 0.717) is 23.6 Å². The minimum Gasteiger partial charge on any atom is -0.504 e. The van der Waals surface area contributed by atoms with Crippen LogP contribution in [0.5, 0.6) is 23.0 Å². The Morgan fingerprint density at radius 3 is 2.40 bits per heavy atom. The van der Waals surface area contributed by atoms with E-state index in [-0.39, 0.29) is 11.5 Å². The van der Waals surface area contributed by atoms with Crippen molar-refractivity contribution in [1.29, 1.82) is 0 Å². The Balaban J connectivity index is 2.11. The third-order valence-corrected chi connectivity index (χ3v) is 2.96. The van der Waals surface area contributed by atoms with Gasteiger partial charge in [-0.05, 0) is 18.2 Å². The Labute approximate surface area is 117 Å². The number of phenols is 2. The van der Waals surface area contributed by atoms with Gasteiger partial charge in [-0.15, -0.1) is 0 Å². The van der Waals surface area contributed by atoms with Crippen LogP contribution in [0.4, 0.5) is 5.69 Å². The standard InChI is InChI=1S/C15H17NO4/c1-19-13-7-6-11(8-12(13)17)16-9-10-4-3-5-14(20-2)15(10)18/h3-8,16-18H,9H2,1-2H3. The van der Waals surface area contributed by atoms with Gasteiger partial charge >= 0.3 is 0 Å². The number of ether oxygens (including phenoxy) is 2. The molecule has 5 heteroatoms. The number of hydrogen-bond acceptors (Lipinski definition) is 5. The summed E-state index contributed by atoms with van der Waals surface area (Å²) in [6.07, 6.45) is 0. The maximum atomic E-state index is 9.97. The Morgan fingerprint density at radius 1 is 1.00 bits per heavy atom. The summed E-state index contributed by atoms with van der Waals surface area (Å²) in [5.41, 5.74) is 1.44. The van der Waals surface area contributed by atoms with Crippen LogP contribution in [-0.4, -0.2) is 24.4 Å². The van der Waals surface area contributed by atoms with Crippen LogP contribution in [0.15, 0.2) is 36.4 Å². The molecule has 0 spiro atoms. The number of rotatable bonds is 5. The van der Waals surface area contributed by atoms with E-state index in [1.165, 1.54) is 14.2 Å². The van der Waals surface area contributed by atoms with Crippen molar-refractivity contribution < 1.29 is 19.7 Å². The van der Waals surface area contributed by atoms with Gasteiger partial charge in [0.15, 0.2) is 23.0 Å². The molecule has 0 aromatic heterocycles. The monoisotopic (exact) mass is 275 g/mol. The lowest BCUT2D eigenvalue weighted by Crippen LogP contribution is -2.00. The molecule has 0 fully saturated rings. The zero-order chi connectivity index (χ0) is 14.5. The minimum absolute atomic E-state index is 0.0624. The molecule has 0 amide bonds. The molecule has 20 heavy (non-hydrogen) atoms. The zero-order valence-corrected chi connectivity index (χ0v) is 11.4. The molecule has 5 nitrogen and oxygen atoms in total. The fourth-order valence-corrected chi connectivity index (χ4v) is 1.87. The van der Waals surface area contributed by atoms with Crippen molar-refractivity contribution in [1.82, 2.24) is 0 Å². The molecule has 0 radical (unpaired) electrons. The van der Waals surface area contributed by atoms with Gasteiger partial charge in [-0.1, -0.05) is 12.1 Å². The van der Waals surface area contributed by atoms with Crippen molar-refractivity contribution in [3.63, 3.8) is 0 Å². The first-order valence-corrected chi connectivity index (χ1v) is 6.11. The highest BCUT2D eigenvalue weighted by Crippen LogP contribution is 2.31. The van der Waals surface area contributed by atoms with Crippen LogP contribution in [0.2, 0.25) is 0 Å². The summed E-state index contributed by atoms with van der Waals surface area (Å²) in [5.74, 6) is 1.02. The smallest absolute Gasteiger partial charge is 0.162 e. The Kier molecular flexibility index (Phi) is 4.20. The summed E-state index contributed by atoms with van der Waals surface area (Å²) < 4.78 is 10.0. The van der Waals surface area contributed by atoms with Crippen molar-refractivity contribution >= 4 is 5.69 Å². The molecule has 2 aromatic rings. The van der Waals surface area contributed by atoms with E-state index >= 15 is 0 Å². The van der Waals surface area contributed by atoms with E-state index in [2.05, 4.69) is 5.32 Å². The number of para-hydroxylation sites is 1. The largest absolute Gasteiger partial charge is 0.504 e. The van der Waals surface area contributed by atoms with E-state index in [0.717, 1.165) is 5.69 Å². The summed E-state index contributed by atoms with van der Waals surface area (Å²) in [6.45, 7) is 0.412. The highest BCUT2D eigenvalue weighted by atomic mass is 16.5. The second-order valence-electron chi connectivity index (χ2n) is 4.21. The molecule has 0 atom stereocenters. The molecule has 0 aliphatic carbocycles. The van der Waals surface area contributed by atoms with Gasteiger partial charge in [-0.2, -0.15) is 0 Å². The highest BCUT2D eigenvalue weighted by molar-refractivity contribution is 5.55. The lowest BCUT2D eigenvalue weighted by atomic mass is 10.1. The summed E-state index contributed by atoms with van der Waals surface area (Å²) in [6, 6.07) is 10.3. The van der Waals surface area contributed by atoms with Crippen LogP contribution in [0.3, 0.4) is 0 Å². The summed E-state index contributed by atoms with van der Waals surface area (Å²) in [4.78, 5) is 0. The number of hydrogen-bond donors (Lipinski definition) is 3. The summed E-state index contributed by atoms with van der Waals surface area (Å²) >= 11 is 0. The van der Waals surface area contributed by atoms with E-state index in [1.807, 2.05) is 0 Å². The highest BCUT2D eigenvalue weighted by Gasteiger charge is 2.07. The Bertz CT molecular complexity index is 598. The quantitative estimate of drug-likeness (QED) is 0.782. The normalized spacial score (nSPS) is 10.1. The Morgan fingerprint density at radius 2 is 1.75 bits per heavy atom. The van der Waals surface area contributed by atoms with E-state index < -0.39 is 0 Å². The SMILES string of the molecule is COc1ccc(NCc2cccc(OC)c2O)cc1O. The van der Waals surface area contributed by atoms with Crippen LogP contribution in [0, 0.1) is 0 Å². The molecule has 106 valence electrons. The maximum absolute atomic E-state index is 9.97. The van der Waals surface area contributed by atoms with E-state index in [9.17, 15) is 10.2 Å². The van der Waals surface area contributed by atoms with E-state index in [4.69, 9.17) is 9.47 Å². The van der Waals surface area contributed by atoms with Crippen molar-refractivity contribution in [2.24, 2.45) is 0 Å². The van der Waals surface area contributed by atoms with E-state index in [1.54, 1.807) is 36.4 Å². The topological polar surface area (TPSA) is 71.0 Å². The Hall–Kier alpha value is -2.56.